The number of H-pyrrole nitrogens is 2. The van der Waals surface area contributed by atoms with Crippen molar-refractivity contribution >= 4 is 37.0 Å². The number of nitrogens with zero attached hydrogens (tertiary/aromatic N) is 5. The molecule has 0 radical (unpaired) electrons. The van der Waals surface area contributed by atoms with Gasteiger partial charge in [-0.2, -0.15) is 0 Å². The van der Waals surface area contributed by atoms with Crippen LogP contribution in [0.4, 0.5) is 4.79 Å². The van der Waals surface area contributed by atoms with Crippen LogP contribution in [0.1, 0.15) is 87.1 Å². The molecule has 3 N–H and O–H groups in total. The Labute approximate surface area is 348 Å². The Morgan fingerprint density at radius 2 is 1.64 bits per heavy atom. The number of carbonyl (C=O) groups excluding carboxylic acids is 3. The van der Waals surface area contributed by atoms with E-state index in [0.29, 0.717) is 18.4 Å². The van der Waals surface area contributed by atoms with Crippen molar-refractivity contribution in [3.05, 3.63) is 107 Å². The second kappa shape index (κ2) is 17.6. The van der Waals surface area contributed by atoms with Crippen molar-refractivity contribution in [2.45, 2.75) is 83.8 Å². The largest absolute Gasteiger partial charge is 0.453 e. The third-order valence-corrected chi connectivity index (χ3v) is 14.4. The van der Waals surface area contributed by atoms with Gasteiger partial charge in [-0.25, -0.2) is 14.8 Å². The lowest BCUT2D eigenvalue weighted by atomic mass is 10.0. The number of likely N-dealkylation sites (N-methyl/N-ethyl adjacent to an activating group) is 1. The molecule has 4 atom stereocenters. The van der Waals surface area contributed by atoms with Crippen molar-refractivity contribution in [3.8, 4) is 23.0 Å². The first-order valence-electron chi connectivity index (χ1n) is 20.8. The molecular formula is C46H56N8O4Si. The molecule has 2 saturated heterocycles. The zero-order valence-electron chi connectivity index (χ0n) is 35.2. The number of ether oxygens (including phenoxy) is 1. The van der Waals surface area contributed by atoms with Gasteiger partial charge in [-0.3, -0.25) is 14.5 Å². The molecule has 5 aromatic rings. The maximum atomic E-state index is 14.2. The molecular weight excluding hydrogens is 757 g/mol. The van der Waals surface area contributed by atoms with Gasteiger partial charge in [0.2, 0.25) is 11.8 Å². The first-order chi connectivity index (χ1) is 28.4. The summed E-state index contributed by atoms with van der Waals surface area (Å²) < 4.78 is 4.82. The highest BCUT2D eigenvalue weighted by Crippen LogP contribution is 2.39. The van der Waals surface area contributed by atoms with Crippen LogP contribution in [0.2, 0.25) is 19.1 Å². The zero-order chi connectivity index (χ0) is 41.8. The normalized spacial score (nSPS) is 18.5. The Hall–Kier alpha value is -5.71. The molecule has 3 aromatic carbocycles. The lowest BCUT2D eigenvalue weighted by Gasteiger charge is -2.34. The fourth-order valence-electron chi connectivity index (χ4n) is 8.65. The number of likely N-dealkylation sites (tertiary alicyclic amines) is 1. The van der Waals surface area contributed by atoms with E-state index in [0.717, 1.165) is 76.9 Å². The molecule has 7 rings (SSSR count). The van der Waals surface area contributed by atoms with Crippen LogP contribution >= 0.6 is 0 Å². The number of imidazole rings is 2. The third-order valence-electron chi connectivity index (χ3n) is 11.7. The molecule has 0 bridgehead atoms. The topological polar surface area (TPSA) is 140 Å². The van der Waals surface area contributed by atoms with Gasteiger partial charge in [-0.15, -0.1) is 0 Å². The molecule has 4 heterocycles. The Bertz CT molecular complexity index is 2340. The molecule has 0 aliphatic carbocycles. The van der Waals surface area contributed by atoms with Crippen LogP contribution in [-0.4, -0.2) is 99.6 Å². The third kappa shape index (κ3) is 8.99. The molecule has 2 fully saturated rings. The van der Waals surface area contributed by atoms with Crippen LogP contribution in [0, 0.1) is 17.8 Å². The molecule has 2 aromatic heterocycles. The van der Waals surface area contributed by atoms with Crippen LogP contribution < -0.4 is 5.32 Å². The summed E-state index contributed by atoms with van der Waals surface area (Å²) in [6.07, 6.45) is 3.61. The van der Waals surface area contributed by atoms with E-state index in [-0.39, 0.29) is 35.9 Å². The number of carbonyl (C=O) groups is 3. The minimum Gasteiger partial charge on any atom is -0.453 e. The van der Waals surface area contributed by atoms with Crippen LogP contribution in [0.15, 0.2) is 79.0 Å². The number of amides is 3. The van der Waals surface area contributed by atoms with Gasteiger partial charge in [0, 0.05) is 18.3 Å². The van der Waals surface area contributed by atoms with E-state index in [1.807, 2.05) is 72.2 Å². The number of benzene rings is 3. The fourth-order valence-corrected chi connectivity index (χ4v) is 11.5. The van der Waals surface area contributed by atoms with Crippen molar-refractivity contribution < 1.29 is 19.1 Å². The number of aromatic nitrogens is 4. The summed E-state index contributed by atoms with van der Waals surface area (Å²) in [5.41, 5.74) is 6.38. The monoisotopic (exact) mass is 812 g/mol. The minimum atomic E-state index is -1.75. The summed E-state index contributed by atoms with van der Waals surface area (Å²) in [5, 5.41) is 2.75. The predicted molar refractivity (Wildman–Crippen MR) is 233 cm³/mol. The number of rotatable bonds is 11. The second-order valence-corrected chi connectivity index (χ2v) is 21.8. The smallest absolute Gasteiger partial charge is 0.407 e. The van der Waals surface area contributed by atoms with E-state index in [9.17, 15) is 14.4 Å². The van der Waals surface area contributed by atoms with Gasteiger partial charge in [0.25, 0.3) is 0 Å². The Morgan fingerprint density at radius 1 is 0.915 bits per heavy atom. The van der Waals surface area contributed by atoms with Gasteiger partial charge in [0.05, 0.1) is 44.5 Å². The summed E-state index contributed by atoms with van der Waals surface area (Å²) >= 11 is 0. The van der Waals surface area contributed by atoms with Gasteiger partial charge in [-0.05, 0) is 84.8 Å². The van der Waals surface area contributed by atoms with Crippen molar-refractivity contribution in [2.75, 3.05) is 32.9 Å². The number of hydrogen-bond donors (Lipinski definition) is 3. The van der Waals surface area contributed by atoms with Crippen molar-refractivity contribution in [1.29, 1.82) is 0 Å². The molecule has 12 nitrogen and oxygen atoms in total. The number of nitrogens with one attached hydrogen (secondary N) is 3. The lowest BCUT2D eigenvalue weighted by Crippen LogP contribution is -2.52. The van der Waals surface area contributed by atoms with E-state index < -0.39 is 20.2 Å². The van der Waals surface area contributed by atoms with E-state index in [2.05, 4.69) is 83.2 Å². The summed E-state index contributed by atoms with van der Waals surface area (Å²) in [4.78, 5) is 63.0. The standard InChI is InChI=1S/C46H56N8O4Si/c1-8-52(9-2)41(33-14-11-10-12-15-33)45(56)53-25-13-16-38(53)42-47-27-35(48-42)23-19-31-17-20-32(21-18-31)34-22-24-36-37(26-34)50-43(49-36)39-28-59(6,7)29-54(39)44(55)40(30(3)4)51-46(57)58-5/h10-12,14-15,17-18,20-22,24,26-27,30,38-41H,8-9,13,16,25,28-29H2,1-7H3,(H,47,48)(H,49,50)(H,51,57)/t38-,39-,40-,41+/m0/s1. The SMILES string of the molecule is CCN(CC)[C@@H](C(=O)N1CCC[C@H]1c1ncc(C#Cc2ccc(-c3ccc4[nH]c([C@@H]5C[Si](C)(C)CN5C(=O)[C@@H](NC(=O)OC)C(C)C)nc4c3)cc2)[nH]1)c1ccccc1. The summed E-state index contributed by atoms with van der Waals surface area (Å²) in [6.45, 7) is 14.9. The van der Waals surface area contributed by atoms with Crippen LogP contribution in [0.25, 0.3) is 22.2 Å². The van der Waals surface area contributed by atoms with Crippen molar-refractivity contribution in [3.63, 3.8) is 0 Å². The summed E-state index contributed by atoms with van der Waals surface area (Å²) in [6, 6.07) is 23.9. The number of aromatic amines is 2. The average Bonchev–Trinajstić information content (AvgIpc) is 4.06. The van der Waals surface area contributed by atoms with E-state index in [1.54, 1.807) is 6.20 Å². The predicted octanol–water partition coefficient (Wildman–Crippen LogP) is 7.61. The second-order valence-electron chi connectivity index (χ2n) is 16.8. The molecule has 0 unspecified atom stereocenters. The number of hydrogen-bond acceptors (Lipinski definition) is 7. The highest BCUT2D eigenvalue weighted by molar-refractivity contribution is 6.78. The molecule has 3 amide bonds. The van der Waals surface area contributed by atoms with E-state index in [1.165, 1.54) is 7.11 Å². The quantitative estimate of drug-likeness (QED) is 0.0922. The number of fused-ring (bicyclic) bond motifs is 1. The van der Waals surface area contributed by atoms with Crippen molar-refractivity contribution in [1.82, 2.24) is 40.0 Å². The van der Waals surface area contributed by atoms with Gasteiger partial charge in [0.15, 0.2) is 0 Å². The minimum absolute atomic E-state index is 0.107. The van der Waals surface area contributed by atoms with Gasteiger partial charge in [0.1, 0.15) is 29.4 Å². The molecule has 2 aliphatic rings. The molecule has 0 spiro atoms. The van der Waals surface area contributed by atoms with Crippen LogP contribution in [0.3, 0.4) is 0 Å². The first-order valence-corrected chi connectivity index (χ1v) is 24.2. The van der Waals surface area contributed by atoms with Gasteiger partial charge < -0.3 is 29.8 Å². The first kappa shape index (κ1) is 41.4. The van der Waals surface area contributed by atoms with E-state index >= 15 is 0 Å². The molecule has 59 heavy (non-hydrogen) atoms. The number of alkyl carbamates (subject to hydrolysis) is 1. The summed E-state index contributed by atoms with van der Waals surface area (Å²) in [5.74, 6) is 7.95. The Morgan fingerprint density at radius 3 is 2.34 bits per heavy atom. The highest BCUT2D eigenvalue weighted by Gasteiger charge is 2.46. The van der Waals surface area contributed by atoms with Crippen molar-refractivity contribution in [2.24, 2.45) is 5.92 Å². The Kier molecular flexibility index (Phi) is 12.4. The zero-order valence-corrected chi connectivity index (χ0v) is 36.2. The maximum Gasteiger partial charge on any atom is 0.407 e. The Balaban J connectivity index is 1.04. The van der Waals surface area contributed by atoms with Gasteiger partial charge >= 0.3 is 6.09 Å². The average molecular weight is 813 g/mol. The highest BCUT2D eigenvalue weighted by atomic mass is 28.3. The molecule has 2 aliphatic heterocycles. The molecule has 308 valence electrons. The molecule has 13 heteroatoms. The lowest BCUT2D eigenvalue weighted by molar-refractivity contribution is -0.138. The maximum absolute atomic E-state index is 14.2. The van der Waals surface area contributed by atoms with Crippen LogP contribution in [-0.2, 0) is 14.3 Å². The van der Waals surface area contributed by atoms with Gasteiger partial charge in [-0.1, -0.05) is 95.2 Å². The van der Waals surface area contributed by atoms with Crippen LogP contribution in [0.5, 0.6) is 0 Å². The summed E-state index contributed by atoms with van der Waals surface area (Å²) in [7, 11) is -0.446. The van der Waals surface area contributed by atoms with E-state index in [4.69, 9.17) is 14.7 Å². The fraction of sp³-hybridized carbons (Fsp3) is 0.413. The number of methoxy groups -OCH3 is 1. The molecule has 0 saturated carbocycles.